The van der Waals surface area contributed by atoms with Crippen LogP contribution >= 0.6 is 0 Å². The summed E-state index contributed by atoms with van der Waals surface area (Å²) in [6.07, 6.45) is 16.8. The van der Waals surface area contributed by atoms with Crippen LogP contribution in [0.2, 0.25) is 0 Å². The van der Waals surface area contributed by atoms with Crippen molar-refractivity contribution in [3.8, 4) is 0 Å². The predicted molar refractivity (Wildman–Crippen MR) is 167 cm³/mol. The molecule has 244 valence electrons. The molecule has 7 aliphatic rings. The Kier molecular flexibility index (Phi) is 8.19. The molecule has 6 fully saturated rings. The van der Waals surface area contributed by atoms with Gasteiger partial charge in [0.25, 0.3) is 5.91 Å². The van der Waals surface area contributed by atoms with Crippen molar-refractivity contribution in [1.82, 2.24) is 30.0 Å². The van der Waals surface area contributed by atoms with Gasteiger partial charge in [-0.25, -0.2) is 4.39 Å². The van der Waals surface area contributed by atoms with E-state index in [9.17, 15) is 9.59 Å². The van der Waals surface area contributed by atoms with Crippen LogP contribution in [0, 0.1) is 17.8 Å². The maximum Gasteiger partial charge on any atom is 0.256 e. The fraction of sp³-hybridized carbons (Fsp3) is 0.771. The Balaban J connectivity index is 1.07. The van der Waals surface area contributed by atoms with E-state index in [-0.39, 0.29) is 47.8 Å². The number of ketones is 1. The van der Waals surface area contributed by atoms with Gasteiger partial charge in [-0.3, -0.25) is 24.5 Å². The molecule has 4 aliphatic heterocycles. The number of amides is 1. The molecule has 45 heavy (non-hydrogen) atoms. The van der Waals surface area contributed by atoms with Crippen molar-refractivity contribution in [2.45, 2.75) is 119 Å². The number of hydrogen-bond donors (Lipinski definition) is 1. The standard InChI is InChI=1S/C35H49FN6O3/c1-40-13-4-7-24(40)8-10-39-35(44)26-20-42-29-15-21-5-2-3-6-22(21)16-30(29)45-34-31(42)25(33(26)43)17-27(36)32(34)41-14-9-23(19-41)28-18-37-11-12-38-28/h11-12,18,20-25,27,29-32,34H,2-10,13-17,19H2,1H3,(H,39,44)/t21?,22?,23?,24-,25?,27?,29?,30?,31?,32?,34?/m0/s1. The lowest BCUT2D eigenvalue weighted by Gasteiger charge is -2.61. The van der Waals surface area contributed by atoms with E-state index in [0.29, 0.717) is 31.0 Å². The summed E-state index contributed by atoms with van der Waals surface area (Å²) in [5.41, 5.74) is 1.17. The molecule has 10 unspecified atom stereocenters. The molecule has 3 saturated carbocycles. The quantitative estimate of drug-likeness (QED) is 0.484. The molecule has 0 aromatic carbocycles. The summed E-state index contributed by atoms with van der Waals surface area (Å²) in [4.78, 5) is 43.5. The molecule has 11 atom stereocenters. The van der Waals surface area contributed by atoms with E-state index < -0.39 is 24.2 Å². The third-order valence-corrected chi connectivity index (χ3v) is 12.8. The highest BCUT2D eigenvalue weighted by Gasteiger charge is 2.61. The summed E-state index contributed by atoms with van der Waals surface area (Å²) in [6, 6.07) is -0.0618. The second-order valence-corrected chi connectivity index (χ2v) is 15.1. The highest BCUT2D eigenvalue weighted by Crippen LogP contribution is 2.51. The minimum Gasteiger partial charge on any atom is -0.369 e. The lowest BCUT2D eigenvalue weighted by Crippen LogP contribution is -2.73. The van der Waals surface area contributed by atoms with E-state index in [4.69, 9.17) is 4.74 Å². The number of likely N-dealkylation sites (tertiary alicyclic amines) is 2. The van der Waals surface area contributed by atoms with Crippen LogP contribution in [0.25, 0.3) is 0 Å². The summed E-state index contributed by atoms with van der Waals surface area (Å²) < 4.78 is 23.6. The van der Waals surface area contributed by atoms with Gasteiger partial charge in [-0.05, 0) is 76.9 Å². The second kappa shape index (κ2) is 12.3. The van der Waals surface area contributed by atoms with Crippen molar-refractivity contribution in [1.29, 1.82) is 0 Å². The molecule has 9 nitrogen and oxygen atoms in total. The second-order valence-electron chi connectivity index (χ2n) is 15.1. The number of nitrogens with zero attached hydrogens (tertiary/aromatic N) is 5. The Bertz CT molecular complexity index is 1300. The number of aromatic nitrogens is 2. The third kappa shape index (κ3) is 5.42. The molecule has 1 aromatic heterocycles. The van der Waals surface area contributed by atoms with Crippen LogP contribution in [-0.2, 0) is 14.3 Å². The highest BCUT2D eigenvalue weighted by atomic mass is 19.1. The first-order valence-electron chi connectivity index (χ1n) is 17.8. The number of morpholine rings is 1. The number of carbonyl (C=O) groups excluding carboxylic acids is 2. The number of ether oxygens (including phenoxy) is 1. The van der Waals surface area contributed by atoms with Crippen LogP contribution in [0.5, 0.6) is 0 Å². The fourth-order valence-corrected chi connectivity index (χ4v) is 10.5. The van der Waals surface area contributed by atoms with Gasteiger partial charge in [-0.2, -0.15) is 0 Å². The van der Waals surface area contributed by atoms with Gasteiger partial charge in [-0.15, -0.1) is 0 Å². The summed E-state index contributed by atoms with van der Waals surface area (Å²) in [5.74, 6) is 0.441. The summed E-state index contributed by atoms with van der Waals surface area (Å²) in [5, 5.41) is 3.08. The van der Waals surface area contributed by atoms with Crippen LogP contribution < -0.4 is 5.32 Å². The summed E-state index contributed by atoms with van der Waals surface area (Å²) in [6.45, 7) is 3.13. The average molecular weight is 621 g/mol. The molecular formula is C35H49FN6O3. The fourth-order valence-electron chi connectivity index (χ4n) is 10.5. The number of alkyl halides is 1. The van der Waals surface area contributed by atoms with Crippen LogP contribution in [0.15, 0.2) is 30.4 Å². The molecule has 1 aromatic rings. The van der Waals surface area contributed by atoms with Crippen LogP contribution in [-0.4, -0.2) is 112 Å². The number of halogens is 1. The maximum atomic E-state index is 16.5. The van der Waals surface area contributed by atoms with E-state index in [1.165, 1.54) is 32.1 Å². The lowest BCUT2D eigenvalue weighted by atomic mass is 9.64. The molecule has 1 amide bonds. The predicted octanol–water partition coefficient (Wildman–Crippen LogP) is 3.47. The minimum atomic E-state index is -1.20. The first-order chi connectivity index (χ1) is 22.0. The zero-order valence-corrected chi connectivity index (χ0v) is 26.6. The SMILES string of the molecule is CN1CCC[C@H]1CCNC(=O)C1=CN2C3CC4CCCCC4CC3OC3C(N4CCC(c5cnccn5)C4)C(F)CC(C1=O)C32. The number of fused-ring (bicyclic) bond motifs is 3. The molecule has 8 rings (SSSR count). The first-order valence-corrected chi connectivity index (χ1v) is 17.8. The Morgan fingerprint density at radius 1 is 1.04 bits per heavy atom. The minimum absolute atomic E-state index is 0.0101. The van der Waals surface area contributed by atoms with Crippen molar-refractivity contribution >= 4 is 11.7 Å². The van der Waals surface area contributed by atoms with Crippen LogP contribution in [0.3, 0.4) is 0 Å². The van der Waals surface area contributed by atoms with Gasteiger partial charge >= 0.3 is 0 Å². The van der Waals surface area contributed by atoms with Gasteiger partial charge in [-0.1, -0.05) is 25.7 Å². The topological polar surface area (TPSA) is 90.9 Å². The van der Waals surface area contributed by atoms with Crippen LogP contribution in [0.1, 0.15) is 82.2 Å². The van der Waals surface area contributed by atoms with Gasteiger partial charge in [0.15, 0.2) is 5.78 Å². The van der Waals surface area contributed by atoms with Gasteiger partial charge in [0.05, 0.1) is 41.6 Å². The zero-order valence-electron chi connectivity index (χ0n) is 26.6. The Morgan fingerprint density at radius 3 is 2.67 bits per heavy atom. The molecule has 0 radical (unpaired) electrons. The van der Waals surface area contributed by atoms with E-state index in [0.717, 1.165) is 50.9 Å². The van der Waals surface area contributed by atoms with Crippen LogP contribution in [0.4, 0.5) is 4.39 Å². The largest absolute Gasteiger partial charge is 0.369 e. The number of nitrogens with one attached hydrogen (secondary N) is 1. The van der Waals surface area contributed by atoms with Gasteiger partial charge in [0.1, 0.15) is 6.17 Å². The van der Waals surface area contributed by atoms with E-state index in [1.807, 2.05) is 12.4 Å². The Hall–Kier alpha value is -2.43. The molecule has 10 heteroatoms. The number of Topliss-reactive ketones (excluding diaryl/α,β-unsaturated/α-hetero) is 1. The normalized spacial score (nSPS) is 41.6. The first kappa shape index (κ1) is 29.9. The van der Waals surface area contributed by atoms with E-state index in [1.54, 1.807) is 12.4 Å². The van der Waals surface area contributed by atoms with Crippen molar-refractivity contribution < 1.29 is 18.7 Å². The highest BCUT2D eigenvalue weighted by molar-refractivity contribution is 6.20. The van der Waals surface area contributed by atoms with Crippen molar-refractivity contribution in [3.05, 3.63) is 36.1 Å². The zero-order chi connectivity index (χ0) is 30.7. The molecule has 5 heterocycles. The maximum absolute atomic E-state index is 16.5. The van der Waals surface area contributed by atoms with Gasteiger partial charge < -0.3 is 19.9 Å². The smallest absolute Gasteiger partial charge is 0.256 e. The Labute approximate surface area is 266 Å². The molecule has 0 bridgehead atoms. The van der Waals surface area contributed by atoms with Crippen molar-refractivity contribution in [3.63, 3.8) is 0 Å². The van der Waals surface area contributed by atoms with Crippen molar-refractivity contribution in [2.24, 2.45) is 17.8 Å². The molecular weight excluding hydrogens is 571 g/mol. The molecule has 1 N–H and O–H groups in total. The number of rotatable bonds is 6. The van der Waals surface area contributed by atoms with Gasteiger partial charge in [0, 0.05) is 55.8 Å². The van der Waals surface area contributed by atoms with E-state index in [2.05, 4.69) is 37.0 Å². The van der Waals surface area contributed by atoms with Gasteiger partial charge in [0.2, 0.25) is 0 Å². The number of hydrogen-bond acceptors (Lipinski definition) is 8. The molecule has 0 spiro atoms. The average Bonchev–Trinajstić information content (AvgIpc) is 3.71. The lowest BCUT2D eigenvalue weighted by molar-refractivity contribution is -0.219. The summed E-state index contributed by atoms with van der Waals surface area (Å²) in [7, 11) is 2.14. The third-order valence-electron chi connectivity index (χ3n) is 12.8. The molecule has 3 saturated heterocycles. The monoisotopic (exact) mass is 620 g/mol. The van der Waals surface area contributed by atoms with Crippen molar-refractivity contribution in [2.75, 3.05) is 33.2 Å². The van der Waals surface area contributed by atoms with E-state index >= 15 is 4.39 Å². The molecule has 3 aliphatic carbocycles. The number of carbonyl (C=O) groups is 2. The Morgan fingerprint density at radius 2 is 1.89 bits per heavy atom. The summed E-state index contributed by atoms with van der Waals surface area (Å²) >= 11 is 0.